The van der Waals surface area contributed by atoms with Crippen molar-refractivity contribution >= 4 is 35.0 Å². The molecule has 0 bridgehead atoms. The molecule has 0 radical (unpaired) electrons. The quantitative estimate of drug-likeness (QED) is 0.449. The van der Waals surface area contributed by atoms with Crippen LogP contribution in [0.1, 0.15) is 74.8 Å². The van der Waals surface area contributed by atoms with E-state index in [1.165, 1.54) is 23.0 Å². The molecule has 2 aliphatic rings. The van der Waals surface area contributed by atoms with Crippen molar-refractivity contribution in [1.82, 2.24) is 14.8 Å². The van der Waals surface area contributed by atoms with Crippen LogP contribution >= 0.6 is 0 Å². The van der Waals surface area contributed by atoms with E-state index in [1.807, 2.05) is 34.6 Å². The number of nitrogens with zero attached hydrogens (tertiary/aromatic N) is 3. The van der Waals surface area contributed by atoms with E-state index in [1.54, 1.807) is 6.20 Å². The summed E-state index contributed by atoms with van der Waals surface area (Å²) in [4.78, 5) is 18.0. The molecule has 35 heavy (non-hydrogen) atoms. The summed E-state index contributed by atoms with van der Waals surface area (Å²) in [5.41, 5.74) is 7.56. The van der Waals surface area contributed by atoms with E-state index in [0.29, 0.717) is 23.0 Å². The van der Waals surface area contributed by atoms with Crippen LogP contribution in [0.3, 0.4) is 0 Å². The summed E-state index contributed by atoms with van der Waals surface area (Å²) in [6.07, 6.45) is 5.40. The first-order chi connectivity index (χ1) is 16.5. The SMILES string of the molecule is Cc1c(B2OC(C)(C)C(C)(C)O2)cnc(C(=O)c2ccc(F)c3c2cnn3C2CCCCO2)c1N. The van der Waals surface area contributed by atoms with Gasteiger partial charge in [0.05, 0.1) is 23.1 Å². The van der Waals surface area contributed by atoms with Gasteiger partial charge < -0.3 is 19.8 Å². The van der Waals surface area contributed by atoms with Gasteiger partial charge in [-0.15, -0.1) is 0 Å². The van der Waals surface area contributed by atoms with Gasteiger partial charge >= 0.3 is 7.12 Å². The van der Waals surface area contributed by atoms with Crippen molar-refractivity contribution in [3.05, 3.63) is 47.2 Å². The fourth-order valence-corrected chi connectivity index (χ4v) is 4.61. The number of nitrogens with two attached hydrogens (primary N) is 1. The number of benzene rings is 1. The van der Waals surface area contributed by atoms with Crippen molar-refractivity contribution in [2.24, 2.45) is 0 Å². The Morgan fingerprint density at radius 2 is 1.89 bits per heavy atom. The van der Waals surface area contributed by atoms with Gasteiger partial charge in [0.2, 0.25) is 5.78 Å². The van der Waals surface area contributed by atoms with Crippen LogP contribution in [0, 0.1) is 12.7 Å². The van der Waals surface area contributed by atoms with Crippen LogP contribution in [0.4, 0.5) is 10.1 Å². The number of nitrogen functional groups attached to an aromatic ring is 1. The molecule has 1 unspecified atom stereocenters. The number of fused-ring (bicyclic) bond motifs is 1. The third-order valence-corrected chi connectivity index (χ3v) is 7.53. The third-order valence-electron chi connectivity index (χ3n) is 7.53. The normalized spacial score (nSPS) is 21.5. The molecule has 10 heteroatoms. The number of anilines is 1. The largest absolute Gasteiger partial charge is 0.496 e. The van der Waals surface area contributed by atoms with Crippen LogP contribution in [0.25, 0.3) is 10.9 Å². The van der Waals surface area contributed by atoms with Crippen LogP contribution in [0.2, 0.25) is 0 Å². The molecule has 4 heterocycles. The minimum absolute atomic E-state index is 0.0948. The number of pyridine rings is 1. The summed E-state index contributed by atoms with van der Waals surface area (Å²) >= 11 is 0. The number of ether oxygens (including phenoxy) is 1. The number of carbonyl (C=O) groups is 1. The van der Waals surface area contributed by atoms with Gasteiger partial charge in [-0.2, -0.15) is 5.10 Å². The van der Waals surface area contributed by atoms with Crippen molar-refractivity contribution in [1.29, 1.82) is 0 Å². The molecule has 2 fully saturated rings. The molecule has 2 saturated heterocycles. The molecule has 1 atom stereocenters. The standard InChI is InChI=1S/C25H30BFN4O4/c1-14-17(26-34-24(2,3)25(4,5)35-26)13-29-21(20(14)28)23(32)15-9-10-18(27)22-16(15)12-30-31(22)19-8-6-7-11-33-19/h9-10,12-13,19H,6-8,11,28H2,1-5H3. The zero-order valence-corrected chi connectivity index (χ0v) is 20.7. The maximum Gasteiger partial charge on any atom is 0.496 e. The summed E-state index contributed by atoms with van der Waals surface area (Å²) < 4.78 is 34.5. The lowest BCUT2D eigenvalue weighted by Crippen LogP contribution is -2.41. The van der Waals surface area contributed by atoms with Gasteiger partial charge in [-0.3, -0.25) is 9.78 Å². The Hall–Kier alpha value is -2.82. The Morgan fingerprint density at radius 1 is 1.17 bits per heavy atom. The second-order valence-corrected chi connectivity index (χ2v) is 10.3. The molecule has 5 rings (SSSR count). The molecule has 0 aliphatic carbocycles. The van der Waals surface area contributed by atoms with Gasteiger partial charge in [0, 0.05) is 29.2 Å². The first-order valence-corrected chi connectivity index (χ1v) is 11.9. The van der Waals surface area contributed by atoms with Crippen LogP contribution < -0.4 is 11.2 Å². The fraction of sp³-hybridized carbons (Fsp3) is 0.480. The van der Waals surface area contributed by atoms with Crippen molar-refractivity contribution in [2.75, 3.05) is 12.3 Å². The summed E-state index contributed by atoms with van der Waals surface area (Å²) in [7, 11) is -0.648. The second-order valence-electron chi connectivity index (χ2n) is 10.3. The molecule has 0 spiro atoms. The number of aromatic nitrogens is 3. The van der Waals surface area contributed by atoms with Gasteiger partial charge in [-0.1, -0.05) is 0 Å². The molecular weight excluding hydrogens is 450 g/mol. The Kier molecular flexibility index (Phi) is 5.73. The lowest BCUT2D eigenvalue weighted by atomic mass is 9.76. The Bertz CT molecular complexity index is 1300. The zero-order chi connectivity index (χ0) is 25.1. The van der Waals surface area contributed by atoms with Crippen LogP contribution in [0.5, 0.6) is 0 Å². The van der Waals surface area contributed by atoms with Gasteiger partial charge in [0.25, 0.3) is 0 Å². The molecule has 0 saturated carbocycles. The number of hydrogen-bond acceptors (Lipinski definition) is 7. The van der Waals surface area contributed by atoms with E-state index < -0.39 is 29.9 Å². The highest BCUT2D eigenvalue weighted by atomic mass is 19.1. The first kappa shape index (κ1) is 23.9. The number of halogens is 1. The molecule has 2 N–H and O–H groups in total. The van der Waals surface area contributed by atoms with Gasteiger partial charge in [0.15, 0.2) is 6.23 Å². The maximum absolute atomic E-state index is 14.9. The summed E-state index contributed by atoms with van der Waals surface area (Å²) in [5.74, 6) is -0.864. The van der Waals surface area contributed by atoms with Crippen molar-refractivity contribution in [3.8, 4) is 0 Å². The number of rotatable bonds is 4. The molecule has 8 nitrogen and oxygen atoms in total. The van der Waals surface area contributed by atoms with E-state index in [2.05, 4.69) is 10.1 Å². The third kappa shape index (κ3) is 3.84. The van der Waals surface area contributed by atoms with Crippen LogP contribution in [-0.2, 0) is 14.0 Å². The summed E-state index contributed by atoms with van der Waals surface area (Å²) in [6.45, 7) is 10.3. The minimum atomic E-state index is -0.648. The van der Waals surface area contributed by atoms with Gasteiger partial charge in [-0.25, -0.2) is 9.07 Å². The maximum atomic E-state index is 14.9. The highest BCUT2D eigenvalue weighted by Crippen LogP contribution is 2.37. The highest BCUT2D eigenvalue weighted by molar-refractivity contribution is 6.62. The van der Waals surface area contributed by atoms with Crippen molar-refractivity contribution < 1.29 is 23.2 Å². The topological polar surface area (TPSA) is 101 Å². The highest BCUT2D eigenvalue weighted by Gasteiger charge is 2.52. The lowest BCUT2D eigenvalue weighted by molar-refractivity contribution is -0.0369. The van der Waals surface area contributed by atoms with Gasteiger partial charge in [-0.05, 0) is 71.6 Å². The molecule has 2 aromatic heterocycles. The van der Waals surface area contributed by atoms with Crippen LogP contribution in [0.15, 0.2) is 24.5 Å². The van der Waals surface area contributed by atoms with Gasteiger partial charge in [0.1, 0.15) is 17.0 Å². The zero-order valence-electron chi connectivity index (χ0n) is 20.7. The Balaban J connectivity index is 1.52. The molecular formula is C25H30BFN4O4. The van der Waals surface area contributed by atoms with E-state index in [4.69, 9.17) is 19.8 Å². The molecule has 3 aromatic rings. The number of ketones is 1. The summed E-state index contributed by atoms with van der Waals surface area (Å²) in [5, 5.41) is 4.77. The minimum Gasteiger partial charge on any atom is -0.399 e. The molecule has 184 valence electrons. The predicted molar refractivity (Wildman–Crippen MR) is 131 cm³/mol. The monoisotopic (exact) mass is 480 g/mol. The van der Waals surface area contributed by atoms with E-state index in [9.17, 15) is 9.18 Å². The van der Waals surface area contributed by atoms with E-state index in [-0.39, 0.29) is 28.7 Å². The average Bonchev–Trinajstić information content (AvgIpc) is 3.35. The number of hydrogen-bond donors (Lipinski definition) is 1. The second kappa shape index (κ2) is 8.39. The molecule has 0 amide bonds. The lowest BCUT2D eigenvalue weighted by Gasteiger charge is -2.32. The predicted octanol–water partition coefficient (Wildman–Crippen LogP) is 3.69. The van der Waals surface area contributed by atoms with Crippen LogP contribution in [-0.4, -0.2) is 45.5 Å². The molecule has 2 aliphatic heterocycles. The smallest absolute Gasteiger partial charge is 0.399 e. The Labute approximate surface area is 204 Å². The average molecular weight is 480 g/mol. The van der Waals surface area contributed by atoms with Crippen molar-refractivity contribution in [2.45, 2.75) is 71.3 Å². The first-order valence-electron chi connectivity index (χ1n) is 11.9. The van der Waals surface area contributed by atoms with E-state index >= 15 is 0 Å². The fourth-order valence-electron chi connectivity index (χ4n) is 4.61. The molecule has 1 aromatic carbocycles. The van der Waals surface area contributed by atoms with Crippen molar-refractivity contribution in [3.63, 3.8) is 0 Å². The van der Waals surface area contributed by atoms with E-state index in [0.717, 1.165) is 19.3 Å². The summed E-state index contributed by atoms with van der Waals surface area (Å²) in [6, 6.07) is 2.73. The Morgan fingerprint density at radius 3 is 2.54 bits per heavy atom. The number of carbonyl (C=O) groups excluding carboxylic acids is 1.